The number of nitrogens with two attached hydrogens (primary N) is 1. The fourth-order valence-corrected chi connectivity index (χ4v) is 2.16. The smallest absolute Gasteiger partial charge is 0.325 e. The molecular formula is C15H25BN2O2. The molecule has 0 amide bonds. The quantitative estimate of drug-likeness (QED) is 0.470. The van der Waals surface area contributed by atoms with E-state index in [0.717, 1.165) is 24.7 Å². The molecule has 0 radical (unpaired) electrons. The van der Waals surface area contributed by atoms with Gasteiger partial charge in [0.15, 0.2) is 0 Å². The molecule has 0 saturated carbocycles. The number of carboxylic acid groups (broad SMARTS) is 1. The van der Waals surface area contributed by atoms with Crippen LogP contribution in [0.2, 0.25) is 6.32 Å². The lowest BCUT2D eigenvalue weighted by Gasteiger charge is -2.27. The summed E-state index contributed by atoms with van der Waals surface area (Å²) in [5.74, 6) is -0.929. The second kappa shape index (κ2) is 8.07. The van der Waals surface area contributed by atoms with E-state index in [9.17, 15) is 9.90 Å². The molecule has 0 aliphatic heterocycles. The SMILES string of the molecule is BCCCCC(N)(CN[C@@H](C)c1ccccc1)C(=O)O. The third kappa shape index (κ3) is 4.98. The highest BCUT2D eigenvalue weighted by Crippen LogP contribution is 2.16. The summed E-state index contributed by atoms with van der Waals surface area (Å²) in [4.78, 5) is 11.4. The van der Waals surface area contributed by atoms with E-state index in [2.05, 4.69) is 13.2 Å². The number of unbranched alkanes of at least 4 members (excludes halogenated alkanes) is 1. The Morgan fingerprint density at radius 1 is 1.40 bits per heavy atom. The Balaban J connectivity index is 2.56. The van der Waals surface area contributed by atoms with Crippen LogP contribution in [0.5, 0.6) is 0 Å². The Labute approximate surface area is 122 Å². The van der Waals surface area contributed by atoms with E-state index in [1.54, 1.807) is 0 Å². The van der Waals surface area contributed by atoms with Crippen molar-refractivity contribution in [2.75, 3.05) is 6.54 Å². The van der Waals surface area contributed by atoms with Gasteiger partial charge in [0.1, 0.15) is 13.4 Å². The Hall–Kier alpha value is -1.33. The molecule has 5 heteroatoms. The van der Waals surface area contributed by atoms with E-state index < -0.39 is 11.5 Å². The first kappa shape index (κ1) is 16.7. The number of benzene rings is 1. The average molecular weight is 276 g/mol. The van der Waals surface area contributed by atoms with Crippen LogP contribution < -0.4 is 11.1 Å². The third-order valence-electron chi connectivity index (χ3n) is 3.68. The van der Waals surface area contributed by atoms with Crippen molar-refractivity contribution in [3.8, 4) is 0 Å². The van der Waals surface area contributed by atoms with Crippen LogP contribution in [-0.4, -0.2) is 31.0 Å². The maximum Gasteiger partial charge on any atom is 0.325 e. The van der Waals surface area contributed by atoms with Crippen LogP contribution in [0.1, 0.15) is 37.8 Å². The van der Waals surface area contributed by atoms with Gasteiger partial charge in [0.05, 0.1) is 0 Å². The zero-order chi connectivity index (χ0) is 15.0. The summed E-state index contributed by atoms with van der Waals surface area (Å²) in [7, 11) is 2.09. The van der Waals surface area contributed by atoms with Gasteiger partial charge in [-0.3, -0.25) is 4.79 Å². The van der Waals surface area contributed by atoms with Gasteiger partial charge in [0, 0.05) is 12.6 Å². The summed E-state index contributed by atoms with van der Waals surface area (Å²) in [5.41, 5.74) is 6.00. The number of nitrogens with one attached hydrogen (secondary N) is 1. The van der Waals surface area contributed by atoms with Crippen LogP contribution >= 0.6 is 0 Å². The maximum atomic E-state index is 11.4. The highest BCUT2D eigenvalue weighted by Gasteiger charge is 2.33. The molecule has 4 nitrogen and oxygen atoms in total. The molecule has 20 heavy (non-hydrogen) atoms. The molecule has 0 aliphatic carbocycles. The van der Waals surface area contributed by atoms with Crippen LogP contribution in [0.25, 0.3) is 0 Å². The highest BCUT2D eigenvalue weighted by molar-refractivity contribution is 6.08. The molecule has 0 aromatic heterocycles. The molecule has 2 atom stereocenters. The fourth-order valence-electron chi connectivity index (χ4n) is 2.16. The predicted molar refractivity (Wildman–Crippen MR) is 84.6 cm³/mol. The van der Waals surface area contributed by atoms with Crippen LogP contribution in [0.3, 0.4) is 0 Å². The summed E-state index contributed by atoms with van der Waals surface area (Å²) in [6, 6.07) is 10.0. The van der Waals surface area contributed by atoms with E-state index in [-0.39, 0.29) is 12.6 Å². The number of hydrogen-bond donors (Lipinski definition) is 3. The Kier molecular flexibility index (Phi) is 6.75. The standard InChI is InChI=1S/C15H25BN2O2/c1-12(13-7-3-2-4-8-13)18-11-15(17,14(19)20)9-5-6-10-16/h2-4,7-8,12,18H,5-6,9-11,16-17H2,1H3,(H,19,20)/t12-,15?/m0/s1. The summed E-state index contributed by atoms with van der Waals surface area (Å²) in [6.45, 7) is 2.30. The lowest BCUT2D eigenvalue weighted by molar-refractivity contribution is -0.143. The first-order valence-electron chi connectivity index (χ1n) is 7.30. The summed E-state index contributed by atoms with van der Waals surface area (Å²) in [6.07, 6.45) is 3.43. The van der Waals surface area contributed by atoms with Crippen molar-refractivity contribution in [2.24, 2.45) is 5.73 Å². The minimum Gasteiger partial charge on any atom is -0.480 e. The monoisotopic (exact) mass is 276 g/mol. The molecule has 0 saturated heterocycles. The van der Waals surface area contributed by atoms with Crippen molar-refractivity contribution in [2.45, 2.75) is 44.1 Å². The average Bonchev–Trinajstić information content (AvgIpc) is 2.46. The van der Waals surface area contributed by atoms with E-state index in [4.69, 9.17) is 5.73 Å². The number of aliphatic carboxylic acids is 1. The molecule has 110 valence electrons. The molecule has 0 heterocycles. The van der Waals surface area contributed by atoms with E-state index in [1.807, 2.05) is 37.3 Å². The van der Waals surface area contributed by atoms with Gasteiger partial charge in [-0.15, -0.1) is 0 Å². The van der Waals surface area contributed by atoms with Crippen LogP contribution in [0.15, 0.2) is 30.3 Å². The number of carbonyl (C=O) groups is 1. The van der Waals surface area contributed by atoms with E-state index >= 15 is 0 Å². The molecule has 1 aromatic carbocycles. The molecule has 1 aromatic rings. The third-order valence-corrected chi connectivity index (χ3v) is 3.68. The van der Waals surface area contributed by atoms with Crippen LogP contribution in [0, 0.1) is 0 Å². The van der Waals surface area contributed by atoms with Crippen molar-refractivity contribution in [3.05, 3.63) is 35.9 Å². The fraction of sp³-hybridized carbons (Fsp3) is 0.533. The lowest BCUT2D eigenvalue weighted by atomic mass is 9.90. The van der Waals surface area contributed by atoms with Gasteiger partial charge in [-0.25, -0.2) is 0 Å². The van der Waals surface area contributed by atoms with Gasteiger partial charge in [0.2, 0.25) is 0 Å². The maximum absolute atomic E-state index is 11.4. The first-order chi connectivity index (χ1) is 9.49. The highest BCUT2D eigenvalue weighted by atomic mass is 16.4. The first-order valence-corrected chi connectivity index (χ1v) is 7.30. The van der Waals surface area contributed by atoms with Crippen molar-refractivity contribution < 1.29 is 9.90 Å². The van der Waals surface area contributed by atoms with Crippen LogP contribution in [0.4, 0.5) is 0 Å². The second-order valence-corrected chi connectivity index (χ2v) is 5.43. The lowest BCUT2D eigenvalue weighted by Crippen LogP contribution is -2.55. The topological polar surface area (TPSA) is 75.3 Å². The normalized spacial score (nSPS) is 15.5. The minimum atomic E-state index is -1.18. The molecule has 0 aliphatic rings. The van der Waals surface area contributed by atoms with Gasteiger partial charge in [0.25, 0.3) is 0 Å². The van der Waals surface area contributed by atoms with Crippen molar-refractivity contribution in [1.29, 1.82) is 0 Å². The van der Waals surface area contributed by atoms with Crippen molar-refractivity contribution in [3.63, 3.8) is 0 Å². The van der Waals surface area contributed by atoms with Gasteiger partial charge in [-0.05, 0) is 18.9 Å². The van der Waals surface area contributed by atoms with E-state index in [1.165, 1.54) is 0 Å². The zero-order valence-corrected chi connectivity index (χ0v) is 12.4. The van der Waals surface area contributed by atoms with Crippen LogP contribution in [-0.2, 0) is 4.79 Å². The Bertz CT molecular complexity index is 414. The van der Waals surface area contributed by atoms with Crippen molar-refractivity contribution in [1.82, 2.24) is 5.32 Å². The molecule has 1 rings (SSSR count). The minimum absolute atomic E-state index is 0.0876. The Morgan fingerprint density at radius 3 is 2.60 bits per heavy atom. The van der Waals surface area contributed by atoms with Gasteiger partial charge < -0.3 is 16.2 Å². The molecule has 0 spiro atoms. The summed E-state index contributed by atoms with van der Waals surface area (Å²) >= 11 is 0. The number of rotatable bonds is 9. The molecule has 1 unspecified atom stereocenters. The summed E-state index contributed by atoms with van der Waals surface area (Å²) < 4.78 is 0. The predicted octanol–water partition coefficient (Wildman–Crippen LogP) is 1.34. The zero-order valence-electron chi connectivity index (χ0n) is 12.4. The van der Waals surface area contributed by atoms with Gasteiger partial charge in [-0.2, -0.15) is 0 Å². The van der Waals surface area contributed by atoms with Crippen molar-refractivity contribution >= 4 is 13.8 Å². The van der Waals surface area contributed by atoms with E-state index in [0.29, 0.717) is 6.42 Å². The molecule has 4 N–H and O–H groups in total. The molecular weight excluding hydrogens is 251 g/mol. The largest absolute Gasteiger partial charge is 0.480 e. The second-order valence-electron chi connectivity index (χ2n) is 5.43. The number of hydrogen-bond acceptors (Lipinski definition) is 3. The van der Waals surface area contributed by atoms with Gasteiger partial charge in [-0.1, -0.05) is 49.5 Å². The Morgan fingerprint density at radius 2 is 2.05 bits per heavy atom. The summed E-state index contributed by atoms with van der Waals surface area (Å²) in [5, 5.41) is 12.6. The number of carboxylic acids is 1. The van der Waals surface area contributed by atoms with Gasteiger partial charge >= 0.3 is 5.97 Å². The molecule has 0 bridgehead atoms. The molecule has 0 fully saturated rings.